The number of hydrogen-bond donors (Lipinski definition) is 0. The summed E-state index contributed by atoms with van der Waals surface area (Å²) in [5, 5.41) is 8.70. The highest BCUT2D eigenvalue weighted by Crippen LogP contribution is 2.34. The Morgan fingerprint density at radius 1 is 0.969 bits per heavy atom. The lowest BCUT2D eigenvalue weighted by Gasteiger charge is -2.09. The second kappa shape index (κ2) is 7.85. The third kappa shape index (κ3) is 3.88. The monoisotopic (exact) mass is 441 g/mol. The summed E-state index contributed by atoms with van der Waals surface area (Å²) in [5.41, 5.74) is 4.41. The summed E-state index contributed by atoms with van der Waals surface area (Å²) in [4.78, 5) is 12.8. The Bertz CT molecular complexity index is 1280. The van der Waals surface area contributed by atoms with E-state index in [2.05, 4.69) is 25.1 Å². The fraction of sp³-hybridized carbons (Fsp3) is 0.318. The predicted molar refractivity (Wildman–Crippen MR) is 112 cm³/mol. The molecule has 0 fully saturated rings. The summed E-state index contributed by atoms with van der Waals surface area (Å²) in [5.74, 6) is 0.286. The number of aryl methyl sites for hydroxylation is 3. The molecule has 0 aliphatic rings. The van der Waals surface area contributed by atoms with Crippen molar-refractivity contribution in [1.29, 1.82) is 0 Å². The zero-order valence-electron chi connectivity index (χ0n) is 18.4. The topological polar surface area (TPSA) is 74.3 Å². The van der Waals surface area contributed by atoms with Crippen molar-refractivity contribution in [2.24, 2.45) is 7.05 Å². The lowest BCUT2D eigenvalue weighted by atomic mass is 10.1. The number of halogens is 3. The van der Waals surface area contributed by atoms with Crippen LogP contribution in [-0.2, 0) is 19.6 Å². The first-order valence-electron chi connectivity index (χ1n) is 9.96. The van der Waals surface area contributed by atoms with Crippen molar-refractivity contribution >= 4 is 0 Å². The summed E-state index contributed by atoms with van der Waals surface area (Å²) in [6.07, 6.45) is -0.909. The third-order valence-corrected chi connectivity index (χ3v) is 5.46. The molecule has 10 heteroatoms. The van der Waals surface area contributed by atoms with Crippen LogP contribution in [0.3, 0.4) is 0 Å². The second-order valence-electron chi connectivity index (χ2n) is 7.73. The fourth-order valence-corrected chi connectivity index (χ4v) is 3.84. The van der Waals surface area contributed by atoms with E-state index >= 15 is 0 Å². The quantitative estimate of drug-likeness (QED) is 0.472. The van der Waals surface area contributed by atoms with E-state index in [9.17, 15) is 13.2 Å². The molecule has 0 aliphatic heterocycles. The zero-order valence-corrected chi connectivity index (χ0v) is 18.4. The Kier molecular flexibility index (Phi) is 5.31. The number of rotatable bonds is 4. The molecular formula is C22H22F3N7. The van der Waals surface area contributed by atoms with Crippen LogP contribution >= 0.6 is 0 Å². The smallest absolute Gasteiger partial charge is 0.271 e. The Hall–Kier alpha value is -3.56. The van der Waals surface area contributed by atoms with Crippen molar-refractivity contribution in [3.63, 3.8) is 0 Å². The fourth-order valence-electron chi connectivity index (χ4n) is 3.84. The molecule has 0 atom stereocenters. The van der Waals surface area contributed by atoms with E-state index in [0.29, 0.717) is 12.1 Å². The number of hydrogen-bond acceptors (Lipinski definition) is 5. The molecule has 166 valence electrons. The molecule has 4 aromatic heterocycles. The van der Waals surface area contributed by atoms with Crippen molar-refractivity contribution < 1.29 is 13.2 Å². The van der Waals surface area contributed by atoms with Crippen LogP contribution in [-0.4, -0.2) is 34.5 Å². The summed E-state index contributed by atoms with van der Waals surface area (Å²) < 4.78 is 43.1. The van der Waals surface area contributed by atoms with Gasteiger partial charge in [0.05, 0.1) is 28.3 Å². The molecule has 7 nitrogen and oxygen atoms in total. The first kappa shape index (κ1) is 21.7. The molecule has 0 spiro atoms. The number of alkyl halides is 3. The van der Waals surface area contributed by atoms with E-state index in [1.807, 2.05) is 33.0 Å². The average Bonchev–Trinajstić information content (AvgIpc) is 3.18. The maximum atomic E-state index is 13.4. The van der Waals surface area contributed by atoms with Crippen LogP contribution in [0.15, 0.2) is 30.7 Å². The molecule has 0 aromatic carbocycles. The summed E-state index contributed by atoms with van der Waals surface area (Å²) >= 11 is 0. The number of nitrogens with zero attached hydrogens (tertiary/aromatic N) is 7. The van der Waals surface area contributed by atoms with Gasteiger partial charge >= 0.3 is 6.18 Å². The molecule has 0 aliphatic carbocycles. The van der Waals surface area contributed by atoms with Crippen molar-refractivity contribution in [3.05, 3.63) is 70.3 Å². The standard InChI is InChI=1S/C22H22F3N7/c1-12-6-7-16(10-26-12)21-13(2)18(31(5)30-21)8-17-9-19(28-11-27-17)32-15(4)20(14(3)29-32)22(23,24)25/h6-7,9-11H,8H2,1-5H3. The minimum absolute atomic E-state index is 0.00878. The van der Waals surface area contributed by atoms with E-state index in [1.54, 1.807) is 16.9 Å². The molecule has 4 aromatic rings. The van der Waals surface area contributed by atoms with Crippen molar-refractivity contribution in [2.75, 3.05) is 0 Å². The van der Waals surface area contributed by atoms with Crippen LogP contribution in [0, 0.1) is 27.7 Å². The average molecular weight is 441 g/mol. The minimum Gasteiger partial charge on any atom is -0.271 e. The summed E-state index contributed by atoms with van der Waals surface area (Å²) in [7, 11) is 1.85. The van der Waals surface area contributed by atoms with Gasteiger partial charge in [-0.25, -0.2) is 14.6 Å². The SMILES string of the molecule is Cc1ccc(-c2nn(C)c(Cc3cc(-n4nc(C)c(C(F)(F)F)c4C)ncn3)c2C)cn1. The van der Waals surface area contributed by atoms with Crippen LogP contribution < -0.4 is 0 Å². The Morgan fingerprint density at radius 2 is 1.72 bits per heavy atom. The molecule has 0 saturated carbocycles. The van der Waals surface area contributed by atoms with Gasteiger partial charge in [-0.05, 0) is 45.4 Å². The highest BCUT2D eigenvalue weighted by atomic mass is 19.4. The van der Waals surface area contributed by atoms with Gasteiger partial charge in [-0.1, -0.05) is 0 Å². The van der Waals surface area contributed by atoms with Gasteiger partial charge in [0, 0.05) is 42.7 Å². The lowest BCUT2D eigenvalue weighted by Crippen LogP contribution is -2.09. The van der Waals surface area contributed by atoms with Crippen LogP contribution in [0.25, 0.3) is 17.1 Å². The Labute approximate surface area is 183 Å². The predicted octanol–water partition coefficient (Wildman–Crippen LogP) is 4.30. The van der Waals surface area contributed by atoms with Crippen LogP contribution in [0.4, 0.5) is 13.2 Å². The molecule has 0 radical (unpaired) electrons. The van der Waals surface area contributed by atoms with E-state index in [4.69, 9.17) is 0 Å². The van der Waals surface area contributed by atoms with Crippen LogP contribution in [0.1, 0.15) is 39.6 Å². The molecule has 4 heterocycles. The number of pyridine rings is 1. The molecule has 0 bridgehead atoms. The van der Waals surface area contributed by atoms with Crippen molar-refractivity contribution in [2.45, 2.75) is 40.3 Å². The van der Waals surface area contributed by atoms with Crippen molar-refractivity contribution in [3.8, 4) is 17.1 Å². The lowest BCUT2D eigenvalue weighted by molar-refractivity contribution is -0.138. The van der Waals surface area contributed by atoms with Gasteiger partial charge in [0.15, 0.2) is 5.82 Å². The first-order chi connectivity index (χ1) is 15.1. The molecule has 0 unspecified atom stereocenters. The highest BCUT2D eigenvalue weighted by Gasteiger charge is 2.37. The maximum Gasteiger partial charge on any atom is 0.419 e. The molecule has 0 amide bonds. The largest absolute Gasteiger partial charge is 0.419 e. The molecule has 32 heavy (non-hydrogen) atoms. The van der Waals surface area contributed by atoms with E-state index < -0.39 is 11.7 Å². The van der Waals surface area contributed by atoms with E-state index in [-0.39, 0.29) is 17.2 Å². The van der Waals surface area contributed by atoms with Gasteiger partial charge in [-0.15, -0.1) is 0 Å². The van der Waals surface area contributed by atoms with Gasteiger partial charge in [0.2, 0.25) is 0 Å². The molecule has 0 N–H and O–H groups in total. The second-order valence-corrected chi connectivity index (χ2v) is 7.73. The maximum absolute atomic E-state index is 13.4. The summed E-state index contributed by atoms with van der Waals surface area (Å²) in [6.45, 7) is 6.64. The molecule has 0 saturated heterocycles. The van der Waals surface area contributed by atoms with Gasteiger partial charge in [-0.3, -0.25) is 9.67 Å². The van der Waals surface area contributed by atoms with Gasteiger partial charge < -0.3 is 0 Å². The first-order valence-corrected chi connectivity index (χ1v) is 9.96. The van der Waals surface area contributed by atoms with Gasteiger partial charge in [-0.2, -0.15) is 23.4 Å². The Morgan fingerprint density at radius 3 is 2.34 bits per heavy atom. The molecule has 4 rings (SSSR count). The number of aromatic nitrogens is 7. The van der Waals surface area contributed by atoms with Crippen molar-refractivity contribution in [1.82, 2.24) is 34.5 Å². The third-order valence-electron chi connectivity index (χ3n) is 5.46. The summed E-state index contributed by atoms with van der Waals surface area (Å²) in [6, 6.07) is 5.56. The van der Waals surface area contributed by atoms with Crippen LogP contribution in [0.2, 0.25) is 0 Å². The minimum atomic E-state index is -4.48. The van der Waals surface area contributed by atoms with Gasteiger partial charge in [0.25, 0.3) is 0 Å². The van der Waals surface area contributed by atoms with E-state index in [1.165, 1.54) is 24.9 Å². The van der Waals surface area contributed by atoms with Crippen LogP contribution in [0.5, 0.6) is 0 Å². The zero-order chi connectivity index (χ0) is 23.2. The van der Waals surface area contributed by atoms with Gasteiger partial charge in [0.1, 0.15) is 6.33 Å². The molecular weight excluding hydrogens is 419 g/mol. The highest BCUT2D eigenvalue weighted by molar-refractivity contribution is 5.63. The van der Waals surface area contributed by atoms with E-state index in [0.717, 1.165) is 28.2 Å². The normalized spacial score (nSPS) is 11.9. The Balaban J connectivity index is 1.69.